The van der Waals surface area contributed by atoms with E-state index in [9.17, 15) is 9.90 Å². The first-order chi connectivity index (χ1) is 14.6. The van der Waals surface area contributed by atoms with Crippen LogP contribution in [0.2, 0.25) is 0 Å². The molecule has 30 heavy (non-hydrogen) atoms. The van der Waals surface area contributed by atoms with Gasteiger partial charge in [0.05, 0.1) is 17.4 Å². The Morgan fingerprint density at radius 1 is 1.13 bits per heavy atom. The normalized spacial score (nSPS) is 23.7. The van der Waals surface area contributed by atoms with E-state index < -0.39 is 0 Å². The standard InChI is InChI=1S/C21H25N7O2/c29-18-4-2-1-3-15(18)16-7-17-19(25-24-16)23-8-14-9-26(5-6-28(14)17)20(30)27-12-21(13-27)10-22-11-21/h1-4,7,14,22,29H,5-6,8-13H2,(H,23,25)/t14-/m0/s1. The second-order valence-corrected chi connectivity index (χ2v) is 8.90. The molecule has 1 atom stereocenters. The Kier molecular flexibility index (Phi) is 3.83. The van der Waals surface area contributed by atoms with Gasteiger partial charge in [0.25, 0.3) is 0 Å². The van der Waals surface area contributed by atoms with Crippen molar-refractivity contribution in [3.8, 4) is 17.0 Å². The van der Waals surface area contributed by atoms with Crippen molar-refractivity contribution in [1.82, 2.24) is 25.3 Å². The van der Waals surface area contributed by atoms with Crippen LogP contribution < -0.4 is 15.5 Å². The third kappa shape index (κ3) is 2.68. The van der Waals surface area contributed by atoms with Crippen molar-refractivity contribution in [2.24, 2.45) is 5.41 Å². The average Bonchev–Trinajstić information content (AvgIpc) is 2.71. The number of para-hydroxylation sites is 1. The summed E-state index contributed by atoms with van der Waals surface area (Å²) >= 11 is 0. The van der Waals surface area contributed by atoms with Gasteiger partial charge in [-0.1, -0.05) is 12.1 Å². The molecule has 1 aromatic carbocycles. The topological polar surface area (TPSA) is 96.9 Å². The number of benzene rings is 1. The molecule has 9 heteroatoms. The summed E-state index contributed by atoms with van der Waals surface area (Å²) in [7, 11) is 0. The zero-order valence-corrected chi connectivity index (χ0v) is 16.7. The molecule has 2 amide bonds. The summed E-state index contributed by atoms with van der Waals surface area (Å²) in [6.07, 6.45) is 0. The molecule has 3 fully saturated rings. The van der Waals surface area contributed by atoms with Gasteiger partial charge in [-0.25, -0.2) is 4.79 Å². The molecule has 4 aliphatic rings. The SMILES string of the molecule is O=C(N1CCN2c3cc(-c4ccccc4O)nnc3NC[C@H]2C1)N1CC2(CNC2)C1. The lowest BCUT2D eigenvalue weighted by Gasteiger charge is -2.57. The Labute approximate surface area is 174 Å². The second kappa shape index (κ2) is 6.46. The molecule has 6 rings (SSSR count). The molecule has 0 aliphatic carbocycles. The number of hydrogen-bond acceptors (Lipinski definition) is 7. The fraction of sp³-hybridized carbons (Fsp3) is 0.476. The summed E-state index contributed by atoms with van der Waals surface area (Å²) in [5, 5.41) is 25.5. The van der Waals surface area contributed by atoms with Crippen molar-refractivity contribution in [2.75, 3.05) is 62.6 Å². The summed E-state index contributed by atoms with van der Waals surface area (Å²) in [5.74, 6) is 0.948. The number of phenolic OH excluding ortho intramolecular Hbond substituents is 1. The van der Waals surface area contributed by atoms with Gasteiger partial charge in [-0.2, -0.15) is 0 Å². The van der Waals surface area contributed by atoms with Gasteiger partial charge in [0.1, 0.15) is 5.75 Å². The molecule has 2 aromatic rings. The van der Waals surface area contributed by atoms with Crippen LogP contribution >= 0.6 is 0 Å². The molecule has 0 saturated carbocycles. The second-order valence-electron chi connectivity index (χ2n) is 8.90. The molecule has 4 aliphatic heterocycles. The quantitative estimate of drug-likeness (QED) is 0.643. The van der Waals surface area contributed by atoms with E-state index in [-0.39, 0.29) is 17.8 Å². The van der Waals surface area contributed by atoms with Crippen LogP contribution in [0.1, 0.15) is 0 Å². The highest BCUT2D eigenvalue weighted by Crippen LogP contribution is 2.37. The van der Waals surface area contributed by atoms with Gasteiger partial charge in [-0.05, 0) is 18.2 Å². The predicted octanol–water partition coefficient (Wildman–Crippen LogP) is 0.790. The zero-order valence-electron chi connectivity index (χ0n) is 16.7. The molecule has 1 spiro atoms. The largest absolute Gasteiger partial charge is 0.507 e. The van der Waals surface area contributed by atoms with Gasteiger partial charge in [-0.15, -0.1) is 10.2 Å². The van der Waals surface area contributed by atoms with Crippen molar-refractivity contribution >= 4 is 17.5 Å². The van der Waals surface area contributed by atoms with E-state index in [0.717, 1.165) is 50.8 Å². The van der Waals surface area contributed by atoms with Crippen molar-refractivity contribution in [3.05, 3.63) is 30.3 Å². The monoisotopic (exact) mass is 407 g/mol. The van der Waals surface area contributed by atoms with Crippen molar-refractivity contribution in [1.29, 1.82) is 0 Å². The van der Waals surface area contributed by atoms with Crippen molar-refractivity contribution in [3.63, 3.8) is 0 Å². The molecule has 3 saturated heterocycles. The molecule has 156 valence electrons. The molecule has 1 aromatic heterocycles. The van der Waals surface area contributed by atoms with E-state index >= 15 is 0 Å². The number of nitrogens with zero attached hydrogens (tertiary/aromatic N) is 5. The minimum atomic E-state index is 0.167. The highest BCUT2D eigenvalue weighted by atomic mass is 16.3. The molecule has 0 bridgehead atoms. The van der Waals surface area contributed by atoms with Gasteiger partial charge >= 0.3 is 6.03 Å². The highest BCUT2D eigenvalue weighted by molar-refractivity contribution is 5.79. The van der Waals surface area contributed by atoms with Crippen molar-refractivity contribution < 1.29 is 9.90 Å². The van der Waals surface area contributed by atoms with E-state index in [4.69, 9.17) is 0 Å². The molecular formula is C21H25N7O2. The van der Waals surface area contributed by atoms with E-state index in [1.807, 2.05) is 28.0 Å². The number of aromatic nitrogens is 2. The molecule has 9 nitrogen and oxygen atoms in total. The maximum Gasteiger partial charge on any atom is 0.320 e. The lowest BCUT2D eigenvalue weighted by atomic mass is 9.75. The van der Waals surface area contributed by atoms with Crippen LogP contribution in [0.3, 0.4) is 0 Å². The van der Waals surface area contributed by atoms with Crippen LogP contribution in [-0.4, -0.2) is 89.5 Å². The number of hydrogen-bond donors (Lipinski definition) is 3. The fourth-order valence-electron chi connectivity index (χ4n) is 5.08. The van der Waals surface area contributed by atoms with Gasteiger partial charge in [0, 0.05) is 63.3 Å². The predicted molar refractivity (Wildman–Crippen MR) is 113 cm³/mol. The molecule has 5 heterocycles. The Bertz CT molecular complexity index is 1000. The van der Waals surface area contributed by atoms with E-state index in [0.29, 0.717) is 29.8 Å². The third-order valence-electron chi connectivity index (χ3n) is 6.84. The number of anilines is 2. The van der Waals surface area contributed by atoms with Gasteiger partial charge < -0.3 is 30.4 Å². The first-order valence-corrected chi connectivity index (χ1v) is 10.5. The third-order valence-corrected chi connectivity index (χ3v) is 6.84. The molecule has 0 unspecified atom stereocenters. The fourth-order valence-corrected chi connectivity index (χ4v) is 5.08. The highest BCUT2D eigenvalue weighted by Gasteiger charge is 2.50. The zero-order chi connectivity index (χ0) is 20.3. The van der Waals surface area contributed by atoms with Crippen LogP contribution in [0.4, 0.5) is 16.3 Å². The lowest BCUT2D eigenvalue weighted by molar-refractivity contribution is -0.0220. The molecule has 3 N–H and O–H groups in total. The van der Waals surface area contributed by atoms with Crippen molar-refractivity contribution in [2.45, 2.75) is 6.04 Å². The maximum absolute atomic E-state index is 12.9. The van der Waals surface area contributed by atoms with Crippen LogP contribution in [0.25, 0.3) is 11.3 Å². The molecular weight excluding hydrogens is 382 g/mol. The minimum Gasteiger partial charge on any atom is -0.507 e. The minimum absolute atomic E-state index is 0.167. The Morgan fingerprint density at radius 3 is 2.73 bits per heavy atom. The van der Waals surface area contributed by atoms with Crippen LogP contribution in [0.5, 0.6) is 5.75 Å². The first-order valence-electron chi connectivity index (χ1n) is 10.5. The Hall–Kier alpha value is -3.07. The van der Waals surface area contributed by atoms with Gasteiger partial charge in [0.2, 0.25) is 0 Å². The number of phenols is 1. The average molecular weight is 407 g/mol. The number of carbonyl (C=O) groups is 1. The number of urea groups is 1. The smallest absolute Gasteiger partial charge is 0.320 e. The summed E-state index contributed by atoms with van der Waals surface area (Å²) in [6.45, 7) is 6.72. The number of amides is 2. The summed E-state index contributed by atoms with van der Waals surface area (Å²) in [5.41, 5.74) is 2.64. The number of likely N-dealkylation sites (tertiary alicyclic amines) is 1. The Morgan fingerprint density at radius 2 is 1.97 bits per heavy atom. The summed E-state index contributed by atoms with van der Waals surface area (Å²) in [6, 6.07) is 9.51. The first kappa shape index (κ1) is 17.8. The molecule has 0 radical (unpaired) electrons. The van der Waals surface area contributed by atoms with Crippen LogP contribution in [-0.2, 0) is 0 Å². The van der Waals surface area contributed by atoms with Gasteiger partial charge in [0.15, 0.2) is 5.82 Å². The number of aromatic hydroxyl groups is 1. The van der Waals surface area contributed by atoms with E-state index in [1.54, 1.807) is 12.1 Å². The number of piperazine rings is 1. The summed E-state index contributed by atoms with van der Waals surface area (Å²) in [4.78, 5) is 19.2. The number of rotatable bonds is 1. The maximum atomic E-state index is 12.9. The lowest BCUT2D eigenvalue weighted by Crippen LogP contribution is -2.73. The number of fused-ring (bicyclic) bond motifs is 3. The van der Waals surface area contributed by atoms with Crippen LogP contribution in [0, 0.1) is 5.41 Å². The number of nitrogens with one attached hydrogen (secondary N) is 2. The van der Waals surface area contributed by atoms with E-state index in [1.165, 1.54) is 0 Å². The number of carbonyl (C=O) groups excluding carboxylic acids is 1. The van der Waals surface area contributed by atoms with E-state index in [2.05, 4.69) is 25.7 Å². The van der Waals surface area contributed by atoms with Gasteiger partial charge in [-0.3, -0.25) is 0 Å². The Balaban J connectivity index is 1.19. The summed E-state index contributed by atoms with van der Waals surface area (Å²) < 4.78 is 0. The van der Waals surface area contributed by atoms with Crippen LogP contribution in [0.15, 0.2) is 30.3 Å².